The predicted molar refractivity (Wildman–Crippen MR) is 56.1 cm³/mol. The van der Waals surface area contributed by atoms with E-state index in [1.807, 2.05) is 0 Å². The molecule has 2 rings (SSSR count). The van der Waals surface area contributed by atoms with Crippen molar-refractivity contribution < 1.29 is 17.9 Å². The van der Waals surface area contributed by atoms with Gasteiger partial charge >= 0.3 is 0 Å². The molecule has 0 fully saturated rings. The third-order valence-corrected chi connectivity index (χ3v) is 4.01. The summed E-state index contributed by atoms with van der Waals surface area (Å²) in [6.07, 6.45) is 0. The van der Waals surface area contributed by atoms with Crippen molar-refractivity contribution in [1.82, 2.24) is 0 Å². The molecule has 6 heteroatoms. The number of hydrogen-bond donors (Lipinski definition) is 1. The first-order chi connectivity index (χ1) is 7.43. The Hall–Kier alpha value is -1.82. The van der Waals surface area contributed by atoms with Gasteiger partial charge in [-0.05, 0) is 18.7 Å². The molecule has 0 bridgehead atoms. The van der Waals surface area contributed by atoms with Crippen LogP contribution in [0.4, 0.5) is 0 Å². The molecule has 5 nitrogen and oxygen atoms in total. The van der Waals surface area contributed by atoms with Gasteiger partial charge < -0.3 is 10.5 Å². The van der Waals surface area contributed by atoms with Crippen molar-refractivity contribution in [2.24, 2.45) is 5.73 Å². The van der Waals surface area contributed by atoms with Crippen LogP contribution in [0.25, 0.3) is 0 Å². The van der Waals surface area contributed by atoms with Crippen molar-refractivity contribution in [3.05, 3.63) is 41.0 Å². The van der Waals surface area contributed by atoms with Gasteiger partial charge in [0.2, 0.25) is 20.8 Å². The first-order valence-corrected chi connectivity index (χ1v) is 5.91. The highest BCUT2D eigenvalue weighted by Crippen LogP contribution is 2.30. The molecule has 0 unspecified atom stereocenters. The Balaban J connectivity index is 2.69. The summed E-state index contributed by atoms with van der Waals surface area (Å²) in [6, 6.07) is 4.23. The van der Waals surface area contributed by atoms with Gasteiger partial charge in [0.25, 0.3) is 0 Å². The second kappa shape index (κ2) is 3.34. The van der Waals surface area contributed by atoms with Crippen molar-refractivity contribution in [1.29, 1.82) is 0 Å². The Morgan fingerprint density at radius 2 is 2.12 bits per heavy atom. The molecular formula is C10H9NO4S. The van der Waals surface area contributed by atoms with Crippen molar-refractivity contribution in [2.75, 3.05) is 0 Å². The molecule has 0 aromatic heterocycles. The van der Waals surface area contributed by atoms with E-state index in [4.69, 9.17) is 10.5 Å². The predicted octanol–water partition coefficient (Wildman–Crippen LogP) is 0.561. The fourth-order valence-electron chi connectivity index (χ4n) is 1.44. The number of carbonyl (C=O) groups excluding carboxylic acids is 1. The van der Waals surface area contributed by atoms with E-state index in [1.165, 1.54) is 18.2 Å². The molecule has 16 heavy (non-hydrogen) atoms. The van der Waals surface area contributed by atoms with E-state index in [2.05, 4.69) is 6.58 Å². The molecule has 0 spiro atoms. The topological polar surface area (TPSA) is 86.5 Å². The van der Waals surface area contributed by atoms with Crippen LogP contribution < -0.4 is 5.73 Å². The van der Waals surface area contributed by atoms with Gasteiger partial charge in [0.05, 0.1) is 4.90 Å². The quantitative estimate of drug-likeness (QED) is 0.775. The van der Waals surface area contributed by atoms with Gasteiger partial charge in [-0.3, -0.25) is 4.79 Å². The van der Waals surface area contributed by atoms with Gasteiger partial charge in [0, 0.05) is 11.1 Å². The van der Waals surface area contributed by atoms with E-state index in [0.717, 1.165) is 0 Å². The second-order valence-corrected chi connectivity index (χ2v) is 5.25. The summed E-state index contributed by atoms with van der Waals surface area (Å²) in [5.41, 5.74) is 5.73. The highest BCUT2D eigenvalue weighted by molar-refractivity contribution is 7.95. The number of hydrogen-bond acceptors (Lipinski definition) is 4. The molecule has 84 valence electrons. The van der Waals surface area contributed by atoms with Crippen LogP contribution in [0.3, 0.4) is 0 Å². The molecule has 1 aliphatic heterocycles. The summed E-state index contributed by atoms with van der Waals surface area (Å²) in [5.74, 6) is -0.671. The lowest BCUT2D eigenvalue weighted by atomic mass is 10.1. The second-order valence-electron chi connectivity index (χ2n) is 3.35. The normalized spacial score (nSPS) is 17.4. The fraction of sp³-hybridized carbons (Fsp3) is 0.100. The first kappa shape index (κ1) is 10.7. The summed E-state index contributed by atoms with van der Waals surface area (Å²) >= 11 is 0. The Labute approximate surface area is 92.4 Å². The highest BCUT2D eigenvalue weighted by Gasteiger charge is 2.29. The van der Waals surface area contributed by atoms with Gasteiger partial charge in [-0.25, -0.2) is 8.42 Å². The summed E-state index contributed by atoms with van der Waals surface area (Å²) in [4.78, 5) is 11.0. The summed E-state index contributed by atoms with van der Waals surface area (Å²) in [5, 5.41) is -0.304. The fourth-order valence-corrected chi connectivity index (χ4v) is 2.65. The van der Waals surface area contributed by atoms with Crippen LogP contribution in [-0.4, -0.2) is 14.3 Å². The molecule has 0 radical (unpaired) electrons. The Kier molecular flexibility index (Phi) is 2.23. The van der Waals surface area contributed by atoms with Gasteiger partial charge in [0.15, 0.2) is 0 Å². The molecule has 1 aromatic rings. The molecular weight excluding hydrogens is 230 g/mol. The van der Waals surface area contributed by atoms with Crippen LogP contribution in [0, 0.1) is 0 Å². The summed E-state index contributed by atoms with van der Waals surface area (Å²) in [7, 11) is -3.70. The number of carbonyl (C=O) groups is 1. The smallest absolute Gasteiger partial charge is 0.248 e. The third-order valence-electron chi connectivity index (χ3n) is 2.33. The lowest BCUT2D eigenvalue weighted by Gasteiger charge is -2.19. The van der Waals surface area contributed by atoms with Gasteiger partial charge in [-0.2, -0.15) is 0 Å². The van der Waals surface area contributed by atoms with Crippen LogP contribution in [0.1, 0.15) is 15.9 Å². The summed E-state index contributed by atoms with van der Waals surface area (Å²) < 4.78 is 28.5. The Bertz CT molecular complexity index is 589. The standard InChI is InChI=1S/C10H9NO4S/c1-6-15-5-8-3-2-7(10(11)12)4-9(8)16(6,13)14/h2-4H,1,5H2,(H2,11,12). The average molecular weight is 239 g/mol. The zero-order chi connectivity index (χ0) is 11.9. The number of sulfone groups is 1. The van der Waals surface area contributed by atoms with E-state index in [-0.39, 0.29) is 22.2 Å². The number of nitrogens with two attached hydrogens (primary N) is 1. The maximum atomic E-state index is 11.8. The Morgan fingerprint density at radius 3 is 2.75 bits per heavy atom. The Morgan fingerprint density at radius 1 is 1.44 bits per heavy atom. The number of amides is 1. The zero-order valence-electron chi connectivity index (χ0n) is 8.26. The number of rotatable bonds is 1. The molecule has 1 aliphatic rings. The molecule has 0 aliphatic carbocycles. The van der Waals surface area contributed by atoms with Gasteiger partial charge in [0.1, 0.15) is 6.61 Å². The minimum absolute atomic E-state index is 0.0417. The summed E-state index contributed by atoms with van der Waals surface area (Å²) in [6.45, 7) is 3.45. The maximum Gasteiger partial charge on any atom is 0.248 e. The van der Waals surface area contributed by atoms with E-state index in [9.17, 15) is 13.2 Å². The number of fused-ring (bicyclic) bond motifs is 1. The van der Waals surface area contributed by atoms with Crippen molar-refractivity contribution in [2.45, 2.75) is 11.5 Å². The van der Waals surface area contributed by atoms with Crippen LogP contribution >= 0.6 is 0 Å². The number of benzene rings is 1. The molecule has 0 saturated heterocycles. The van der Waals surface area contributed by atoms with Crippen LogP contribution in [0.15, 0.2) is 34.8 Å². The van der Waals surface area contributed by atoms with E-state index in [0.29, 0.717) is 5.56 Å². The van der Waals surface area contributed by atoms with Crippen LogP contribution in [0.2, 0.25) is 0 Å². The van der Waals surface area contributed by atoms with E-state index < -0.39 is 15.7 Å². The lowest BCUT2D eigenvalue weighted by Crippen LogP contribution is -2.18. The molecule has 1 aromatic carbocycles. The minimum atomic E-state index is -3.70. The molecule has 0 atom stereocenters. The number of primary amides is 1. The number of ether oxygens (including phenoxy) is 1. The third kappa shape index (κ3) is 1.47. The SMILES string of the molecule is C=C1OCc2ccc(C(N)=O)cc2S1(=O)=O. The van der Waals surface area contributed by atoms with E-state index in [1.54, 1.807) is 0 Å². The maximum absolute atomic E-state index is 11.8. The minimum Gasteiger partial charge on any atom is -0.478 e. The van der Waals surface area contributed by atoms with E-state index >= 15 is 0 Å². The van der Waals surface area contributed by atoms with Crippen molar-refractivity contribution in [3.8, 4) is 0 Å². The first-order valence-electron chi connectivity index (χ1n) is 4.42. The monoisotopic (exact) mass is 239 g/mol. The largest absolute Gasteiger partial charge is 0.478 e. The lowest BCUT2D eigenvalue weighted by molar-refractivity contribution is 0.1000. The van der Waals surface area contributed by atoms with Gasteiger partial charge in [-0.15, -0.1) is 0 Å². The van der Waals surface area contributed by atoms with Crippen LogP contribution in [0.5, 0.6) is 0 Å². The molecule has 2 N–H and O–H groups in total. The average Bonchev–Trinajstić information content (AvgIpc) is 2.23. The zero-order valence-corrected chi connectivity index (χ0v) is 9.08. The molecule has 1 amide bonds. The highest BCUT2D eigenvalue weighted by atomic mass is 32.2. The van der Waals surface area contributed by atoms with Crippen molar-refractivity contribution >= 4 is 15.7 Å². The van der Waals surface area contributed by atoms with Gasteiger partial charge in [-0.1, -0.05) is 6.07 Å². The van der Waals surface area contributed by atoms with Crippen LogP contribution in [-0.2, 0) is 21.2 Å². The van der Waals surface area contributed by atoms with Crippen molar-refractivity contribution in [3.63, 3.8) is 0 Å². The molecule has 0 saturated carbocycles. The molecule has 1 heterocycles.